The van der Waals surface area contributed by atoms with Crippen LogP contribution in [0.15, 0.2) is 328 Å². The van der Waals surface area contributed by atoms with E-state index in [9.17, 15) is 14.4 Å². The number of aryl methyl sites for hydroxylation is 4. The van der Waals surface area contributed by atoms with Gasteiger partial charge >= 0.3 is 0 Å². The molecular formula is C93H66O7. The van der Waals surface area contributed by atoms with E-state index in [4.69, 9.17) is 18.9 Å². The van der Waals surface area contributed by atoms with Crippen molar-refractivity contribution in [1.29, 1.82) is 0 Å². The Morgan fingerprint density at radius 2 is 0.440 bits per heavy atom. The molecule has 7 nitrogen and oxygen atoms in total. The third-order valence-electron chi connectivity index (χ3n) is 19.7. The minimum Gasteiger partial charge on any atom is -0.457 e. The van der Waals surface area contributed by atoms with E-state index < -0.39 is 10.8 Å². The fourth-order valence-corrected chi connectivity index (χ4v) is 14.8. The van der Waals surface area contributed by atoms with Crippen LogP contribution in [0.1, 0.15) is 115 Å². The molecular weight excluding hydrogens is 1230 g/mol. The van der Waals surface area contributed by atoms with Gasteiger partial charge in [0, 0.05) is 33.4 Å². The third kappa shape index (κ3) is 11.1. The number of hydrogen-bond acceptors (Lipinski definition) is 7. The van der Waals surface area contributed by atoms with E-state index in [1.54, 1.807) is 24.3 Å². The lowest BCUT2D eigenvalue weighted by Crippen LogP contribution is -2.28. The number of benzene rings is 14. The minimum absolute atomic E-state index is 0.0131. The number of carbonyl (C=O) groups is 3. The summed E-state index contributed by atoms with van der Waals surface area (Å²) in [7, 11) is 0. The lowest BCUT2D eigenvalue weighted by molar-refractivity contribution is 0.103. The predicted octanol–water partition coefficient (Wildman–Crippen LogP) is 22.5. The van der Waals surface area contributed by atoms with E-state index in [2.05, 4.69) is 146 Å². The Morgan fingerprint density at radius 3 is 0.680 bits per heavy atom. The monoisotopic (exact) mass is 1290 g/mol. The predicted molar refractivity (Wildman–Crippen MR) is 396 cm³/mol. The average Bonchev–Trinajstić information content (AvgIpc) is 1.54. The van der Waals surface area contributed by atoms with Gasteiger partial charge < -0.3 is 18.9 Å². The largest absolute Gasteiger partial charge is 0.457 e. The number of hydrogen-bond donors (Lipinski definition) is 0. The molecule has 0 fully saturated rings. The molecule has 0 aromatic heterocycles. The number of carbonyl (C=O) groups excluding carboxylic acids is 3. The number of ketones is 3. The van der Waals surface area contributed by atoms with E-state index in [1.165, 1.54) is 44.5 Å². The maximum atomic E-state index is 14.0. The van der Waals surface area contributed by atoms with Crippen molar-refractivity contribution in [2.75, 3.05) is 0 Å². The minimum atomic E-state index is -0.655. The van der Waals surface area contributed by atoms with Gasteiger partial charge in [-0.2, -0.15) is 0 Å². The highest BCUT2D eigenvalue weighted by atomic mass is 16.5. The van der Waals surface area contributed by atoms with Gasteiger partial charge in [-0.05, 0) is 263 Å². The van der Waals surface area contributed by atoms with Crippen LogP contribution in [0.3, 0.4) is 0 Å². The van der Waals surface area contributed by atoms with Gasteiger partial charge in [0.15, 0.2) is 17.3 Å². The number of rotatable bonds is 18. The fraction of sp³-hybridized carbons (Fsp3) is 0.0645. The zero-order valence-electron chi connectivity index (χ0n) is 55.5. The molecule has 0 bridgehead atoms. The molecule has 14 aromatic rings. The van der Waals surface area contributed by atoms with E-state index in [-0.39, 0.29) is 17.3 Å². The van der Waals surface area contributed by atoms with Crippen molar-refractivity contribution in [3.05, 3.63) is 428 Å². The summed E-state index contributed by atoms with van der Waals surface area (Å²) in [4.78, 5) is 40.9. The van der Waals surface area contributed by atoms with Gasteiger partial charge in [0.1, 0.15) is 46.0 Å². The van der Waals surface area contributed by atoms with Crippen LogP contribution >= 0.6 is 0 Å². The molecule has 0 aliphatic heterocycles. The van der Waals surface area contributed by atoms with E-state index in [1.807, 2.05) is 185 Å². The first-order valence-electron chi connectivity index (χ1n) is 33.6. The van der Waals surface area contributed by atoms with E-state index >= 15 is 0 Å². The Morgan fingerprint density at radius 1 is 0.230 bits per heavy atom. The molecule has 16 rings (SSSR count). The molecule has 480 valence electrons. The highest BCUT2D eigenvalue weighted by Crippen LogP contribution is 2.58. The Hall–Kier alpha value is -12.7. The summed E-state index contributed by atoms with van der Waals surface area (Å²) in [5.41, 5.74) is 20.1. The molecule has 0 radical (unpaired) electrons. The highest BCUT2D eigenvalue weighted by Gasteiger charge is 2.47. The zero-order valence-corrected chi connectivity index (χ0v) is 55.5. The first-order chi connectivity index (χ1) is 48.9. The van der Waals surface area contributed by atoms with Crippen molar-refractivity contribution >= 4 is 17.3 Å². The third-order valence-corrected chi connectivity index (χ3v) is 19.7. The van der Waals surface area contributed by atoms with Crippen LogP contribution in [-0.2, 0) is 10.8 Å². The van der Waals surface area contributed by atoms with Crippen LogP contribution in [0.2, 0.25) is 0 Å². The highest BCUT2D eigenvalue weighted by molar-refractivity contribution is 6.11. The molecule has 0 unspecified atom stereocenters. The van der Waals surface area contributed by atoms with Gasteiger partial charge in [-0.25, -0.2) is 0 Å². The van der Waals surface area contributed by atoms with Crippen molar-refractivity contribution in [1.82, 2.24) is 0 Å². The van der Waals surface area contributed by atoms with Crippen molar-refractivity contribution < 1.29 is 33.3 Å². The number of fused-ring (bicyclic) bond motifs is 6. The maximum Gasteiger partial charge on any atom is 0.193 e. The molecule has 0 amide bonds. The summed E-state index contributed by atoms with van der Waals surface area (Å²) in [6.45, 7) is 7.91. The molecule has 0 saturated carbocycles. The molecule has 0 atom stereocenters. The molecule has 7 heteroatoms. The van der Waals surface area contributed by atoms with Gasteiger partial charge in [-0.15, -0.1) is 0 Å². The molecule has 2 aliphatic rings. The Bertz CT molecular complexity index is 5030. The molecule has 0 spiro atoms. The summed E-state index contributed by atoms with van der Waals surface area (Å²) >= 11 is 0. The zero-order chi connectivity index (χ0) is 68.1. The standard InChI is InChI=1S/C93H66O7/c1-59-21-23-61(3)83(57-59)90(95)65-29-45-73(46-30-65)99-77-53-37-69(38-54-77)92(85-17-9-5-13-79(85)80-14-6-10-18-86(80)92)67-33-49-75(50-34-67)97-71-41-25-63(26-42-71)89(94)64-27-43-72(44-28-64)98-76-51-35-68(36-52-76)93(87-19-11-7-15-81(87)82-16-8-12-20-88(82)93)70-39-55-78(56-40-70)100-74-47-31-66(32-48-74)91(96)84-58-60(2)22-24-62(84)4/h5-58H,1-4H3. The summed E-state index contributed by atoms with van der Waals surface area (Å²) in [6.07, 6.45) is 0. The summed E-state index contributed by atoms with van der Waals surface area (Å²) in [6, 6.07) is 109. The lowest BCUT2D eigenvalue weighted by atomic mass is 9.68. The Kier molecular flexibility index (Phi) is 16.0. The van der Waals surface area contributed by atoms with Crippen molar-refractivity contribution in [2.45, 2.75) is 38.5 Å². The first-order valence-corrected chi connectivity index (χ1v) is 33.6. The Labute approximate surface area is 581 Å². The van der Waals surface area contributed by atoms with E-state index in [0.717, 1.165) is 44.5 Å². The van der Waals surface area contributed by atoms with Gasteiger partial charge in [0.2, 0.25) is 0 Å². The van der Waals surface area contributed by atoms with Crippen LogP contribution in [0.5, 0.6) is 46.0 Å². The topological polar surface area (TPSA) is 88.1 Å². The quantitative estimate of drug-likeness (QED) is 0.0791. The van der Waals surface area contributed by atoms with Crippen LogP contribution in [-0.4, -0.2) is 17.3 Å². The average molecular weight is 1300 g/mol. The van der Waals surface area contributed by atoms with Gasteiger partial charge in [-0.3, -0.25) is 14.4 Å². The molecule has 2 aliphatic carbocycles. The van der Waals surface area contributed by atoms with Crippen LogP contribution in [0, 0.1) is 27.7 Å². The van der Waals surface area contributed by atoms with E-state index in [0.29, 0.717) is 79.4 Å². The smallest absolute Gasteiger partial charge is 0.193 e. The van der Waals surface area contributed by atoms with Crippen molar-refractivity contribution in [3.63, 3.8) is 0 Å². The maximum absolute atomic E-state index is 14.0. The second-order valence-corrected chi connectivity index (χ2v) is 25.9. The second-order valence-electron chi connectivity index (χ2n) is 25.9. The first kappa shape index (κ1) is 62.1. The van der Waals surface area contributed by atoms with Crippen LogP contribution in [0.25, 0.3) is 22.3 Å². The molecule has 14 aromatic carbocycles. The van der Waals surface area contributed by atoms with Crippen LogP contribution < -0.4 is 18.9 Å². The lowest BCUT2D eigenvalue weighted by Gasteiger charge is -2.34. The van der Waals surface area contributed by atoms with Gasteiger partial charge in [0.25, 0.3) is 0 Å². The SMILES string of the molecule is Cc1ccc(C)c(C(=O)c2ccc(Oc3ccc(C4(c5ccc(Oc6ccc(C(=O)c7ccc(Oc8ccc(C9(c%10ccc(Oc%11ccc(C(=O)c%12cc(C)ccc%12C)cc%11)cc%10)c%10ccccc%10-c%10ccccc%109)cc8)cc7)cc6)cc5)c5ccccc5-c5ccccc54)cc3)cc2)c1. The van der Waals surface area contributed by atoms with Crippen molar-refractivity contribution in [2.24, 2.45) is 0 Å². The molecule has 0 N–H and O–H groups in total. The van der Waals surface area contributed by atoms with Gasteiger partial charge in [0.05, 0.1) is 10.8 Å². The Balaban J connectivity index is 0.595. The molecule has 100 heavy (non-hydrogen) atoms. The number of ether oxygens (including phenoxy) is 4. The molecule has 0 saturated heterocycles. The fourth-order valence-electron chi connectivity index (χ4n) is 14.8. The van der Waals surface area contributed by atoms with Crippen LogP contribution in [0.4, 0.5) is 0 Å². The summed E-state index contributed by atoms with van der Waals surface area (Å²) < 4.78 is 25.8. The molecule has 0 heterocycles. The summed E-state index contributed by atoms with van der Waals surface area (Å²) in [5.74, 6) is 4.99. The van der Waals surface area contributed by atoms with Gasteiger partial charge in [-0.1, -0.05) is 181 Å². The van der Waals surface area contributed by atoms with Crippen molar-refractivity contribution in [3.8, 4) is 68.2 Å². The summed E-state index contributed by atoms with van der Waals surface area (Å²) in [5, 5.41) is 0. The normalized spacial score (nSPS) is 12.7. The second kappa shape index (κ2) is 25.7.